The number of benzene rings is 2. The van der Waals surface area contributed by atoms with Gasteiger partial charge in [0.25, 0.3) is 0 Å². The van der Waals surface area contributed by atoms with E-state index < -0.39 is 11.6 Å². The highest BCUT2D eigenvalue weighted by atomic mass is 35.5. The Kier molecular flexibility index (Phi) is 4.12. The molecule has 0 spiro atoms. The van der Waals surface area contributed by atoms with Gasteiger partial charge < -0.3 is 15.2 Å². The molecule has 0 amide bonds. The van der Waals surface area contributed by atoms with Crippen molar-refractivity contribution in [1.29, 1.82) is 0 Å². The molecule has 1 heterocycles. The maximum Gasteiger partial charge on any atom is 0.169 e. The highest BCUT2D eigenvalue weighted by Gasteiger charge is 2.26. The zero-order chi connectivity index (χ0) is 15.9. The molecule has 0 aliphatic carbocycles. The van der Waals surface area contributed by atoms with Gasteiger partial charge in [-0.05, 0) is 18.2 Å². The van der Waals surface area contributed by atoms with E-state index in [9.17, 15) is 8.78 Å². The van der Waals surface area contributed by atoms with E-state index in [1.165, 1.54) is 12.1 Å². The van der Waals surface area contributed by atoms with Gasteiger partial charge in [-0.2, -0.15) is 0 Å². The molecule has 2 N–H and O–H groups in total. The van der Waals surface area contributed by atoms with Gasteiger partial charge in [0.05, 0.1) is 10.0 Å². The van der Waals surface area contributed by atoms with Crippen LogP contribution in [0.5, 0.6) is 11.5 Å². The number of fused-ring (bicyclic) bond motifs is 1. The number of hydrogen-bond acceptors (Lipinski definition) is 3. The molecule has 0 fully saturated rings. The van der Waals surface area contributed by atoms with Gasteiger partial charge in [0.15, 0.2) is 11.5 Å². The Labute approximate surface area is 135 Å². The summed E-state index contributed by atoms with van der Waals surface area (Å²) < 4.78 is 38.4. The van der Waals surface area contributed by atoms with Crippen molar-refractivity contribution in [2.45, 2.75) is 6.10 Å². The first-order valence-corrected chi connectivity index (χ1v) is 7.23. The number of ether oxygens (including phenoxy) is 2. The monoisotopic (exact) mass is 345 g/mol. The average molecular weight is 346 g/mol. The topological polar surface area (TPSA) is 44.5 Å². The lowest BCUT2D eigenvalue weighted by atomic mass is 10.0. The summed E-state index contributed by atoms with van der Waals surface area (Å²) in [5.74, 6) is -0.601. The fraction of sp³-hybridized carbons (Fsp3) is 0.200. The Balaban J connectivity index is 2.22. The van der Waals surface area contributed by atoms with Gasteiger partial charge in [-0.15, -0.1) is 0 Å². The molecule has 0 saturated heterocycles. The van der Waals surface area contributed by atoms with Gasteiger partial charge in [0, 0.05) is 23.7 Å². The van der Waals surface area contributed by atoms with Gasteiger partial charge >= 0.3 is 0 Å². The van der Waals surface area contributed by atoms with E-state index in [2.05, 4.69) is 0 Å². The summed E-state index contributed by atoms with van der Waals surface area (Å²) in [5, 5.41) is 0.104. The van der Waals surface area contributed by atoms with Crippen LogP contribution in [0.3, 0.4) is 0 Å². The first kappa shape index (κ1) is 15.3. The summed E-state index contributed by atoms with van der Waals surface area (Å²) in [6, 6.07) is 4.62. The van der Waals surface area contributed by atoms with Gasteiger partial charge in [-0.3, -0.25) is 0 Å². The molecule has 3 rings (SSSR count). The van der Waals surface area contributed by atoms with Crippen molar-refractivity contribution in [3.63, 3.8) is 0 Å². The van der Waals surface area contributed by atoms with Crippen LogP contribution in [0.25, 0.3) is 11.1 Å². The van der Waals surface area contributed by atoms with Crippen LogP contribution in [0.1, 0.15) is 0 Å². The van der Waals surface area contributed by atoms with Gasteiger partial charge in [-0.25, -0.2) is 8.78 Å². The predicted molar refractivity (Wildman–Crippen MR) is 80.8 cm³/mol. The van der Waals surface area contributed by atoms with E-state index in [-0.39, 0.29) is 40.6 Å². The molecule has 1 aliphatic rings. The Morgan fingerprint density at radius 3 is 2.36 bits per heavy atom. The standard InChI is InChI=1S/C15H11Cl2F2NO2/c16-11-2-8(19)3-12(17)14(11)10-1-7(18)4-13-15(10)22-9(5-20)6-21-13/h1-4,9H,5-6,20H2/t9-/m0/s1. The second-order valence-electron chi connectivity index (χ2n) is 4.81. The van der Waals surface area contributed by atoms with Crippen LogP contribution in [0.2, 0.25) is 10.0 Å². The third kappa shape index (κ3) is 2.72. The van der Waals surface area contributed by atoms with Crippen LogP contribution in [-0.4, -0.2) is 19.3 Å². The van der Waals surface area contributed by atoms with Crippen molar-refractivity contribution in [2.24, 2.45) is 5.73 Å². The van der Waals surface area contributed by atoms with Crippen LogP contribution < -0.4 is 15.2 Å². The Bertz CT molecular complexity index is 717. The summed E-state index contributed by atoms with van der Waals surface area (Å²) in [6.45, 7) is 0.457. The number of rotatable bonds is 2. The summed E-state index contributed by atoms with van der Waals surface area (Å²) in [6.07, 6.45) is -0.366. The quantitative estimate of drug-likeness (QED) is 0.893. The maximum atomic E-state index is 13.8. The van der Waals surface area contributed by atoms with Crippen molar-refractivity contribution < 1.29 is 18.3 Å². The number of halogens is 4. The zero-order valence-corrected chi connectivity index (χ0v) is 12.7. The minimum absolute atomic E-state index is 0.0521. The largest absolute Gasteiger partial charge is 0.486 e. The molecule has 0 bridgehead atoms. The molecule has 116 valence electrons. The molecule has 1 aliphatic heterocycles. The summed E-state index contributed by atoms with van der Waals surface area (Å²) in [5.41, 5.74) is 6.15. The summed E-state index contributed by atoms with van der Waals surface area (Å²) in [7, 11) is 0. The van der Waals surface area contributed by atoms with E-state index in [0.717, 1.165) is 12.1 Å². The lowest BCUT2D eigenvalue weighted by Gasteiger charge is -2.28. The fourth-order valence-electron chi connectivity index (χ4n) is 2.28. The van der Waals surface area contributed by atoms with Crippen molar-refractivity contribution in [3.05, 3.63) is 45.9 Å². The van der Waals surface area contributed by atoms with Crippen LogP contribution in [0.15, 0.2) is 24.3 Å². The minimum atomic E-state index is -0.582. The Morgan fingerprint density at radius 1 is 1.09 bits per heavy atom. The normalized spacial score (nSPS) is 16.7. The highest BCUT2D eigenvalue weighted by Crippen LogP contribution is 2.46. The second-order valence-corrected chi connectivity index (χ2v) is 5.63. The average Bonchev–Trinajstić information content (AvgIpc) is 2.45. The lowest BCUT2D eigenvalue weighted by molar-refractivity contribution is 0.0971. The SMILES string of the molecule is NC[C@H]1COc2cc(F)cc(-c3c(Cl)cc(F)cc3Cl)c2O1. The van der Waals surface area contributed by atoms with Crippen LogP contribution in [0.4, 0.5) is 8.78 Å². The summed E-state index contributed by atoms with van der Waals surface area (Å²) >= 11 is 12.1. The van der Waals surface area contributed by atoms with Gasteiger partial charge in [-0.1, -0.05) is 23.2 Å². The van der Waals surface area contributed by atoms with Crippen molar-refractivity contribution in [2.75, 3.05) is 13.2 Å². The van der Waals surface area contributed by atoms with Gasteiger partial charge in [0.2, 0.25) is 0 Å². The van der Waals surface area contributed by atoms with E-state index >= 15 is 0 Å². The van der Waals surface area contributed by atoms with Crippen LogP contribution in [0, 0.1) is 11.6 Å². The second kappa shape index (κ2) is 5.91. The van der Waals surface area contributed by atoms with Crippen molar-refractivity contribution >= 4 is 23.2 Å². The number of nitrogens with two attached hydrogens (primary N) is 1. The molecule has 2 aromatic carbocycles. The molecule has 0 radical (unpaired) electrons. The molecule has 0 saturated carbocycles. The molecular weight excluding hydrogens is 335 g/mol. The van der Waals surface area contributed by atoms with Crippen molar-refractivity contribution in [1.82, 2.24) is 0 Å². The molecule has 3 nitrogen and oxygen atoms in total. The van der Waals surface area contributed by atoms with Crippen LogP contribution in [-0.2, 0) is 0 Å². The summed E-state index contributed by atoms with van der Waals surface area (Å²) in [4.78, 5) is 0. The third-order valence-electron chi connectivity index (χ3n) is 3.27. The van der Waals surface area contributed by atoms with E-state index in [1.807, 2.05) is 0 Å². The minimum Gasteiger partial charge on any atom is -0.486 e. The highest BCUT2D eigenvalue weighted by molar-refractivity contribution is 6.39. The first-order chi connectivity index (χ1) is 10.5. The molecule has 22 heavy (non-hydrogen) atoms. The molecule has 1 atom stereocenters. The zero-order valence-electron chi connectivity index (χ0n) is 11.2. The molecule has 7 heteroatoms. The van der Waals surface area contributed by atoms with Gasteiger partial charge in [0.1, 0.15) is 24.3 Å². The predicted octanol–water partition coefficient (Wildman–Crippen LogP) is 4.04. The van der Waals surface area contributed by atoms with Crippen LogP contribution >= 0.6 is 23.2 Å². The maximum absolute atomic E-state index is 13.8. The molecule has 0 unspecified atom stereocenters. The smallest absolute Gasteiger partial charge is 0.169 e. The molecule has 0 aromatic heterocycles. The molecule has 2 aromatic rings. The Hall–Kier alpha value is -1.56. The fourth-order valence-corrected chi connectivity index (χ4v) is 2.95. The number of hydrogen-bond donors (Lipinski definition) is 1. The lowest BCUT2D eigenvalue weighted by Crippen LogP contribution is -2.36. The third-order valence-corrected chi connectivity index (χ3v) is 3.86. The van der Waals surface area contributed by atoms with E-state index in [4.69, 9.17) is 38.4 Å². The molecular formula is C15H11Cl2F2NO2. The van der Waals surface area contributed by atoms with Crippen molar-refractivity contribution in [3.8, 4) is 22.6 Å². The van der Waals surface area contributed by atoms with E-state index in [0.29, 0.717) is 11.3 Å². The van der Waals surface area contributed by atoms with E-state index in [1.54, 1.807) is 0 Å². The first-order valence-electron chi connectivity index (χ1n) is 6.47. The Morgan fingerprint density at radius 2 is 1.73 bits per heavy atom.